The predicted octanol–water partition coefficient (Wildman–Crippen LogP) is 4.37. The highest BCUT2D eigenvalue weighted by Gasteiger charge is 2.18. The van der Waals surface area contributed by atoms with Crippen molar-refractivity contribution in [3.63, 3.8) is 0 Å². The normalized spacial score (nSPS) is 8.62. The Labute approximate surface area is 249 Å². The summed E-state index contributed by atoms with van der Waals surface area (Å²) >= 11 is 0. The lowest BCUT2D eigenvalue weighted by molar-refractivity contribution is -0.148. The highest BCUT2D eigenvalue weighted by Crippen LogP contribution is 2.00. The van der Waals surface area contributed by atoms with Crippen molar-refractivity contribution in [3.8, 4) is 0 Å². The molecule has 0 aliphatic carbocycles. The number of esters is 6. The summed E-state index contributed by atoms with van der Waals surface area (Å²) in [6, 6.07) is 0. The zero-order valence-corrected chi connectivity index (χ0v) is 26.7. The monoisotopic (exact) mass is 600 g/mol. The summed E-state index contributed by atoms with van der Waals surface area (Å²) in [6.45, 7) is 25.4. The van der Waals surface area contributed by atoms with E-state index in [0.29, 0.717) is 13.2 Å². The maximum atomic E-state index is 11.2. The van der Waals surface area contributed by atoms with Crippen molar-refractivity contribution in [1.82, 2.24) is 0 Å². The third-order valence-corrected chi connectivity index (χ3v) is 3.64. The van der Waals surface area contributed by atoms with E-state index in [2.05, 4.69) is 36.8 Å². The van der Waals surface area contributed by atoms with Gasteiger partial charge in [0.1, 0.15) is 24.4 Å². The zero-order chi connectivity index (χ0) is 33.7. The second-order valence-electron chi connectivity index (χ2n) is 8.01. The molecule has 42 heavy (non-hydrogen) atoms. The summed E-state index contributed by atoms with van der Waals surface area (Å²) in [5.41, 5.74) is 1.65. The number of rotatable bonds is 12. The fraction of sp³-hybridized carbons (Fsp3) is 0.533. The van der Waals surface area contributed by atoms with Gasteiger partial charge in [-0.2, -0.15) is 0 Å². The molecule has 0 heterocycles. The predicted molar refractivity (Wildman–Crippen MR) is 157 cm³/mol. The molecule has 0 aromatic carbocycles. The molecule has 0 rings (SSSR count). The fourth-order valence-corrected chi connectivity index (χ4v) is 1.72. The highest BCUT2D eigenvalue weighted by molar-refractivity contribution is 6.13. The van der Waals surface area contributed by atoms with Gasteiger partial charge in [-0.25, -0.2) is 19.2 Å². The van der Waals surface area contributed by atoms with E-state index < -0.39 is 23.9 Å². The number of hydrogen-bond acceptors (Lipinski definition) is 12. The molecule has 0 atom stereocenters. The van der Waals surface area contributed by atoms with Crippen LogP contribution in [0.5, 0.6) is 0 Å². The van der Waals surface area contributed by atoms with Crippen molar-refractivity contribution in [2.24, 2.45) is 0 Å². The number of carbonyl (C=O) groups excluding carboxylic acids is 6. The van der Waals surface area contributed by atoms with Crippen LogP contribution in [0.3, 0.4) is 0 Å². The molecular weight excluding hydrogens is 552 g/mol. The minimum atomic E-state index is -0.744. The molecule has 0 fully saturated rings. The Morgan fingerprint density at radius 2 is 0.714 bits per heavy atom. The minimum Gasteiger partial charge on any atom is -0.466 e. The molecule has 0 aromatic rings. The van der Waals surface area contributed by atoms with Crippen molar-refractivity contribution >= 4 is 35.8 Å². The van der Waals surface area contributed by atoms with Gasteiger partial charge in [-0.15, -0.1) is 0 Å². The van der Waals surface area contributed by atoms with E-state index in [-0.39, 0.29) is 49.5 Å². The van der Waals surface area contributed by atoms with Crippen molar-refractivity contribution in [3.05, 3.63) is 47.6 Å². The van der Waals surface area contributed by atoms with Crippen molar-refractivity contribution < 1.29 is 57.2 Å². The van der Waals surface area contributed by atoms with Crippen LogP contribution in [0.4, 0.5) is 0 Å². The van der Waals surface area contributed by atoms with E-state index in [4.69, 9.17) is 4.74 Å². The van der Waals surface area contributed by atoms with Gasteiger partial charge in [-0.1, -0.05) is 24.3 Å². The van der Waals surface area contributed by atoms with E-state index in [1.54, 1.807) is 33.8 Å². The summed E-state index contributed by atoms with van der Waals surface area (Å²) in [7, 11) is 0. The zero-order valence-electron chi connectivity index (χ0n) is 26.7. The maximum Gasteiger partial charge on any atom is 0.345 e. The topological polar surface area (TPSA) is 158 Å². The Bertz CT molecular complexity index is 914. The third kappa shape index (κ3) is 33.8. The van der Waals surface area contributed by atoms with Gasteiger partial charge in [0.05, 0.1) is 26.4 Å². The Hall–Kier alpha value is -4.22. The van der Waals surface area contributed by atoms with Crippen LogP contribution in [0.25, 0.3) is 0 Å². The second kappa shape index (κ2) is 29.8. The maximum absolute atomic E-state index is 11.2. The highest BCUT2D eigenvalue weighted by atomic mass is 16.6. The molecular formula is C30H48O12. The number of hydrogen-bond donors (Lipinski definition) is 0. The Morgan fingerprint density at radius 1 is 0.452 bits per heavy atom. The van der Waals surface area contributed by atoms with Crippen LogP contribution in [-0.4, -0.2) is 75.5 Å². The summed E-state index contributed by atoms with van der Waals surface area (Å²) < 4.78 is 27.5. The Kier molecular flexibility index (Phi) is 31.7. The van der Waals surface area contributed by atoms with Gasteiger partial charge in [0.2, 0.25) is 0 Å². The molecule has 0 spiro atoms. The van der Waals surface area contributed by atoms with Crippen LogP contribution in [-0.2, 0) is 57.2 Å². The van der Waals surface area contributed by atoms with E-state index in [0.717, 1.165) is 11.1 Å². The van der Waals surface area contributed by atoms with Crippen LogP contribution in [0.15, 0.2) is 47.6 Å². The first-order chi connectivity index (χ1) is 19.5. The molecule has 240 valence electrons. The first-order valence-corrected chi connectivity index (χ1v) is 13.1. The van der Waals surface area contributed by atoms with E-state index in [1.807, 2.05) is 33.8 Å². The molecule has 0 bridgehead atoms. The number of carbonyl (C=O) groups is 6. The number of ether oxygens (including phenoxy) is 6. The lowest BCUT2D eigenvalue weighted by Crippen LogP contribution is -2.17. The van der Waals surface area contributed by atoms with Gasteiger partial charge in [0, 0.05) is 13.8 Å². The molecule has 0 radical (unpaired) electrons. The smallest absolute Gasteiger partial charge is 0.345 e. The van der Waals surface area contributed by atoms with E-state index in [9.17, 15) is 28.8 Å². The van der Waals surface area contributed by atoms with Crippen molar-refractivity contribution in [2.45, 2.75) is 69.2 Å². The molecule has 0 unspecified atom stereocenters. The van der Waals surface area contributed by atoms with E-state index in [1.165, 1.54) is 13.8 Å². The van der Waals surface area contributed by atoms with Crippen molar-refractivity contribution in [2.75, 3.05) is 39.6 Å². The molecule has 12 heteroatoms. The van der Waals surface area contributed by atoms with Gasteiger partial charge in [-0.3, -0.25) is 9.59 Å². The average molecular weight is 601 g/mol. The summed E-state index contributed by atoms with van der Waals surface area (Å²) in [6.07, 6.45) is 3.59. The Balaban J connectivity index is -0.000000241. The van der Waals surface area contributed by atoms with Gasteiger partial charge < -0.3 is 28.4 Å². The lowest BCUT2D eigenvalue weighted by atomic mass is 10.3. The third-order valence-electron chi connectivity index (χ3n) is 3.64. The molecule has 0 N–H and O–H groups in total. The molecule has 0 aromatic heterocycles. The van der Waals surface area contributed by atoms with Crippen LogP contribution in [0, 0.1) is 0 Å². The fourth-order valence-electron chi connectivity index (χ4n) is 1.72. The molecule has 0 saturated heterocycles. The molecule has 0 saturated carbocycles. The summed E-state index contributed by atoms with van der Waals surface area (Å²) in [4.78, 5) is 63.9. The first-order valence-electron chi connectivity index (χ1n) is 13.1. The van der Waals surface area contributed by atoms with Crippen LogP contribution < -0.4 is 0 Å². The number of allylic oxidation sites excluding steroid dienone is 2. The van der Waals surface area contributed by atoms with Gasteiger partial charge >= 0.3 is 35.8 Å². The summed E-state index contributed by atoms with van der Waals surface area (Å²) in [5.74, 6) is -3.37. The van der Waals surface area contributed by atoms with Crippen LogP contribution in [0.1, 0.15) is 69.2 Å². The largest absolute Gasteiger partial charge is 0.466 e. The quantitative estimate of drug-likeness (QED) is 0.0779. The molecule has 0 aliphatic rings. The lowest BCUT2D eigenvalue weighted by Gasteiger charge is -2.04. The molecule has 12 nitrogen and oxygen atoms in total. The SMILES string of the molecule is C=C(C(=O)OCC)C(=O)OCC.C=C(C(=O)OCC)C(=O)OCC=C(C)C.CC(=O)OCC=C(C)C.CCOC(C)=O. The van der Waals surface area contributed by atoms with Gasteiger partial charge in [0.25, 0.3) is 0 Å². The summed E-state index contributed by atoms with van der Waals surface area (Å²) in [5, 5.41) is 0. The second-order valence-corrected chi connectivity index (χ2v) is 8.01. The molecule has 0 aliphatic heterocycles. The van der Waals surface area contributed by atoms with Gasteiger partial charge in [-0.05, 0) is 67.5 Å². The molecule has 0 amide bonds. The Morgan fingerprint density at radius 3 is 0.929 bits per heavy atom. The van der Waals surface area contributed by atoms with Crippen molar-refractivity contribution in [1.29, 1.82) is 0 Å². The first kappa shape index (κ1) is 44.8. The average Bonchev–Trinajstić information content (AvgIpc) is 2.88. The standard InChI is InChI=1S/C11H16O4.C8H12O4.C7H12O2.C4H8O2/c1-5-14-10(12)9(4)11(13)15-7-6-8(2)3;1-4-11-7(9)6(3)8(10)12-5-2;1-6(2)4-5-9-7(3)8;1-3-6-4(2)5/h6H,4-5,7H2,1-3H3;3-5H2,1-2H3;4H,5H2,1-3H3;3H2,1-2H3. The van der Waals surface area contributed by atoms with Gasteiger partial charge in [0.15, 0.2) is 0 Å². The van der Waals surface area contributed by atoms with Crippen LogP contribution >= 0.6 is 0 Å². The minimum absolute atomic E-state index is 0.138. The van der Waals surface area contributed by atoms with E-state index >= 15 is 0 Å². The van der Waals surface area contributed by atoms with Crippen LogP contribution in [0.2, 0.25) is 0 Å².